The molecule has 0 aliphatic heterocycles. The van der Waals surface area contributed by atoms with Gasteiger partial charge in [0.05, 0.1) is 5.30 Å². The van der Waals surface area contributed by atoms with Crippen LogP contribution in [-0.2, 0) is 9.09 Å². The van der Waals surface area contributed by atoms with E-state index in [4.69, 9.17) is 0 Å². The number of hydrogen-bond acceptors (Lipinski definition) is 2. The van der Waals surface area contributed by atoms with Crippen LogP contribution in [0.5, 0.6) is 0 Å². The van der Waals surface area contributed by atoms with Crippen molar-refractivity contribution in [2.24, 2.45) is 0 Å². The molecule has 1 N–H and O–H groups in total. The summed E-state index contributed by atoms with van der Waals surface area (Å²) in [6.07, 6.45) is -7.26. The zero-order valence-corrected chi connectivity index (χ0v) is 11.6. The highest BCUT2D eigenvalue weighted by molar-refractivity contribution is 7.61. The predicted octanol–water partition coefficient (Wildman–Crippen LogP) is 3.82. The summed E-state index contributed by atoms with van der Waals surface area (Å²) in [6.45, 7) is 0. The van der Waals surface area contributed by atoms with E-state index in [1.54, 1.807) is 12.1 Å². The van der Waals surface area contributed by atoms with Gasteiger partial charge in [-0.3, -0.25) is 9.09 Å². The van der Waals surface area contributed by atoms with Crippen LogP contribution in [0.2, 0.25) is 0 Å². The van der Waals surface area contributed by atoms with Gasteiger partial charge in [0.1, 0.15) is 0 Å². The van der Waals surface area contributed by atoms with Crippen molar-refractivity contribution < 1.29 is 27.2 Å². The van der Waals surface area contributed by atoms with E-state index < -0.39 is 19.9 Å². The van der Waals surface area contributed by atoms with Gasteiger partial charge < -0.3 is 4.89 Å². The highest BCUT2D eigenvalue weighted by Gasteiger charge is 2.46. The fourth-order valence-corrected chi connectivity index (χ4v) is 2.96. The Morgan fingerprint density at radius 1 is 0.952 bits per heavy atom. The fourth-order valence-electron chi connectivity index (χ4n) is 1.76. The molecule has 0 bridgehead atoms. The first-order chi connectivity index (χ1) is 9.81. The second-order valence-electron chi connectivity index (χ2n) is 4.29. The molecule has 3 nitrogen and oxygen atoms in total. The molecule has 2 unspecified atom stereocenters. The topological polar surface area (TPSA) is 46.5 Å². The van der Waals surface area contributed by atoms with Gasteiger partial charge in [-0.25, -0.2) is 0 Å². The third kappa shape index (κ3) is 3.94. The first-order valence-corrected chi connectivity index (χ1v) is 7.57. The van der Waals surface area contributed by atoms with Crippen LogP contribution < -0.4 is 5.30 Å². The number of benzene rings is 2. The third-order valence-corrected chi connectivity index (χ3v) is 4.18. The molecule has 2 rings (SSSR count). The Morgan fingerprint density at radius 2 is 1.43 bits per heavy atom. The van der Waals surface area contributed by atoms with Crippen LogP contribution in [-0.4, -0.2) is 11.1 Å². The molecule has 0 fully saturated rings. The number of alkyl halides is 3. The Balaban J connectivity index is 2.35. The maximum absolute atomic E-state index is 13.1. The molecule has 2 aromatic rings. The molecule has 7 heteroatoms. The largest absolute Gasteiger partial charge is 0.419 e. The minimum atomic E-state index is -4.80. The van der Waals surface area contributed by atoms with Crippen LogP contribution >= 0.6 is 7.60 Å². The molecule has 0 heterocycles. The quantitative estimate of drug-likeness (QED) is 0.872. The summed E-state index contributed by atoms with van der Waals surface area (Å²) in [5.74, 6) is 0. The van der Waals surface area contributed by atoms with E-state index in [-0.39, 0.29) is 10.9 Å². The molecule has 0 radical (unpaired) electrons. The Bertz CT molecular complexity index is 629. The molecule has 0 spiro atoms. The summed E-state index contributed by atoms with van der Waals surface area (Å²) in [7, 11) is -4.58. The van der Waals surface area contributed by atoms with Gasteiger partial charge in [0, 0.05) is 0 Å². The summed E-state index contributed by atoms with van der Waals surface area (Å²) in [4.78, 5) is 9.81. The van der Waals surface area contributed by atoms with Crippen LogP contribution in [0.1, 0.15) is 11.7 Å². The molecule has 21 heavy (non-hydrogen) atoms. The van der Waals surface area contributed by atoms with Gasteiger partial charge in [-0.2, -0.15) is 13.2 Å². The average molecular weight is 316 g/mol. The molecule has 0 amide bonds. The van der Waals surface area contributed by atoms with Crippen molar-refractivity contribution in [3.05, 3.63) is 66.2 Å². The van der Waals surface area contributed by atoms with Gasteiger partial charge >= 0.3 is 13.8 Å². The van der Waals surface area contributed by atoms with Gasteiger partial charge in [0.2, 0.25) is 0 Å². The summed E-state index contributed by atoms with van der Waals surface area (Å²) in [5, 5.41) is -0.185. The van der Waals surface area contributed by atoms with Gasteiger partial charge in [-0.15, -0.1) is 0 Å². The summed E-state index contributed by atoms with van der Waals surface area (Å²) >= 11 is 0. The van der Waals surface area contributed by atoms with E-state index in [0.29, 0.717) is 0 Å². The second kappa shape index (κ2) is 6.02. The van der Waals surface area contributed by atoms with Gasteiger partial charge in [-0.1, -0.05) is 48.5 Å². The smallest absolute Gasteiger partial charge is 0.321 e. The van der Waals surface area contributed by atoms with Crippen molar-refractivity contribution >= 4 is 12.9 Å². The lowest BCUT2D eigenvalue weighted by Gasteiger charge is -2.23. The van der Waals surface area contributed by atoms with Gasteiger partial charge in [0.25, 0.3) is 0 Å². The monoisotopic (exact) mass is 316 g/mol. The molecule has 0 saturated carbocycles. The van der Waals surface area contributed by atoms with Crippen molar-refractivity contribution in [1.29, 1.82) is 0 Å². The zero-order valence-electron chi connectivity index (χ0n) is 10.7. The molecular formula is C14H12F3O3P. The van der Waals surface area contributed by atoms with Crippen LogP contribution in [0, 0.1) is 0 Å². The molecule has 0 saturated heterocycles. The minimum absolute atomic E-state index is 0.185. The molecule has 2 atom stereocenters. The van der Waals surface area contributed by atoms with Gasteiger partial charge in [-0.05, 0) is 17.7 Å². The number of hydrogen-bond donors (Lipinski definition) is 1. The van der Waals surface area contributed by atoms with Crippen molar-refractivity contribution in [3.8, 4) is 0 Å². The van der Waals surface area contributed by atoms with E-state index in [9.17, 15) is 22.6 Å². The Hall–Kier alpha value is -1.62. The van der Waals surface area contributed by atoms with E-state index in [1.807, 2.05) is 0 Å². The molecule has 0 aliphatic carbocycles. The second-order valence-corrected chi connectivity index (χ2v) is 6.06. The van der Waals surface area contributed by atoms with Gasteiger partial charge in [0.15, 0.2) is 6.10 Å². The maximum atomic E-state index is 13.1. The lowest BCUT2D eigenvalue weighted by atomic mass is 10.1. The number of halogens is 3. The summed E-state index contributed by atoms with van der Waals surface area (Å²) < 4.78 is 55.9. The van der Waals surface area contributed by atoms with Crippen molar-refractivity contribution in [3.63, 3.8) is 0 Å². The highest BCUT2D eigenvalue weighted by atomic mass is 31.2. The lowest BCUT2D eigenvalue weighted by Crippen LogP contribution is -2.24. The lowest BCUT2D eigenvalue weighted by molar-refractivity contribution is -0.199. The third-order valence-electron chi connectivity index (χ3n) is 2.73. The van der Waals surface area contributed by atoms with Crippen molar-refractivity contribution in [2.45, 2.75) is 12.3 Å². The average Bonchev–Trinajstić information content (AvgIpc) is 2.46. The van der Waals surface area contributed by atoms with E-state index in [2.05, 4.69) is 4.52 Å². The molecule has 0 aliphatic rings. The van der Waals surface area contributed by atoms with Crippen molar-refractivity contribution in [2.75, 3.05) is 0 Å². The number of rotatable bonds is 4. The van der Waals surface area contributed by atoms with E-state index >= 15 is 0 Å². The van der Waals surface area contributed by atoms with E-state index in [0.717, 1.165) is 0 Å². The minimum Gasteiger partial charge on any atom is -0.321 e. The van der Waals surface area contributed by atoms with E-state index in [1.165, 1.54) is 48.5 Å². The fraction of sp³-hybridized carbons (Fsp3) is 0.143. The summed E-state index contributed by atoms with van der Waals surface area (Å²) in [5.41, 5.74) is -0.227. The molecule has 2 aromatic carbocycles. The SMILES string of the molecule is O=P(O)(OC(c1ccccc1)C(F)(F)F)c1ccccc1. The molecule has 0 aromatic heterocycles. The molecule has 112 valence electrons. The Morgan fingerprint density at radius 3 is 1.90 bits per heavy atom. The molecular weight excluding hydrogens is 304 g/mol. The zero-order chi connectivity index (χ0) is 15.5. The standard InChI is InChI=1S/C14H12F3O3P/c15-14(16,17)13(11-7-3-1-4-8-11)20-21(18,19)12-9-5-2-6-10-12/h1-10,13H,(H,18,19). The predicted molar refractivity (Wildman–Crippen MR) is 72.2 cm³/mol. The van der Waals surface area contributed by atoms with Crippen LogP contribution in [0.3, 0.4) is 0 Å². The first kappa shape index (κ1) is 15.8. The van der Waals surface area contributed by atoms with Crippen LogP contribution in [0.15, 0.2) is 60.7 Å². The Labute approximate surface area is 119 Å². The first-order valence-electron chi connectivity index (χ1n) is 5.99. The van der Waals surface area contributed by atoms with Crippen molar-refractivity contribution in [1.82, 2.24) is 0 Å². The summed E-state index contributed by atoms with van der Waals surface area (Å²) in [6, 6.07) is 13.7. The van der Waals surface area contributed by atoms with Crippen LogP contribution in [0.25, 0.3) is 0 Å². The normalized spacial score (nSPS) is 16.2. The highest BCUT2D eigenvalue weighted by Crippen LogP contribution is 2.50. The maximum Gasteiger partial charge on any atom is 0.419 e. The Kier molecular flexibility index (Phi) is 4.52. The van der Waals surface area contributed by atoms with Crippen LogP contribution in [0.4, 0.5) is 13.2 Å².